The zero-order valence-electron chi connectivity index (χ0n) is 20.4. The quantitative estimate of drug-likeness (QED) is 0.320. The van der Waals surface area contributed by atoms with Gasteiger partial charge in [0, 0.05) is 33.0 Å². The van der Waals surface area contributed by atoms with Gasteiger partial charge < -0.3 is 20.1 Å². The molecule has 2 N–H and O–H groups in total. The SMILES string of the molecule is COc1ccc(OC)c(C(Nc2nc(C)cc(C)n2)c2cc(C)sc2NC(=O)c2ccccc2)c1. The first-order chi connectivity index (χ1) is 16.9. The summed E-state index contributed by atoms with van der Waals surface area (Å²) in [5, 5.41) is 7.32. The highest BCUT2D eigenvalue weighted by molar-refractivity contribution is 7.16. The van der Waals surface area contributed by atoms with Crippen LogP contribution in [-0.4, -0.2) is 30.1 Å². The lowest BCUT2D eigenvalue weighted by molar-refractivity contribution is 0.102. The molecule has 180 valence electrons. The third-order valence-electron chi connectivity index (χ3n) is 5.46. The van der Waals surface area contributed by atoms with Crippen molar-refractivity contribution in [3.8, 4) is 11.5 Å². The van der Waals surface area contributed by atoms with Crippen molar-refractivity contribution in [2.45, 2.75) is 26.8 Å². The van der Waals surface area contributed by atoms with Crippen molar-refractivity contribution in [2.75, 3.05) is 24.9 Å². The lowest BCUT2D eigenvalue weighted by atomic mass is 9.98. The lowest BCUT2D eigenvalue weighted by Crippen LogP contribution is -2.18. The maximum atomic E-state index is 13.0. The highest BCUT2D eigenvalue weighted by Crippen LogP contribution is 2.41. The van der Waals surface area contributed by atoms with Crippen LogP contribution in [0.1, 0.15) is 43.8 Å². The number of ether oxygens (including phenoxy) is 2. The van der Waals surface area contributed by atoms with Crippen molar-refractivity contribution in [2.24, 2.45) is 0 Å². The third kappa shape index (κ3) is 5.60. The Hall–Kier alpha value is -3.91. The van der Waals surface area contributed by atoms with Gasteiger partial charge >= 0.3 is 0 Å². The molecule has 2 aromatic heterocycles. The second kappa shape index (κ2) is 10.6. The monoisotopic (exact) mass is 488 g/mol. The average Bonchev–Trinajstić information content (AvgIpc) is 3.21. The molecule has 2 aromatic carbocycles. The number of hydrogen-bond acceptors (Lipinski definition) is 7. The van der Waals surface area contributed by atoms with E-state index in [1.165, 1.54) is 11.3 Å². The molecule has 0 fully saturated rings. The van der Waals surface area contributed by atoms with Crippen LogP contribution in [0, 0.1) is 20.8 Å². The van der Waals surface area contributed by atoms with Crippen molar-refractivity contribution >= 4 is 28.2 Å². The Morgan fingerprint density at radius 1 is 0.886 bits per heavy atom. The molecular formula is C27H28N4O3S. The largest absolute Gasteiger partial charge is 0.497 e. The summed E-state index contributed by atoms with van der Waals surface area (Å²) in [5.74, 6) is 1.68. The third-order valence-corrected chi connectivity index (χ3v) is 6.44. The minimum Gasteiger partial charge on any atom is -0.497 e. The first-order valence-corrected chi connectivity index (χ1v) is 12.0. The zero-order valence-corrected chi connectivity index (χ0v) is 21.2. The average molecular weight is 489 g/mol. The van der Waals surface area contributed by atoms with Crippen molar-refractivity contribution in [3.63, 3.8) is 0 Å². The molecule has 4 aromatic rings. The molecule has 0 bridgehead atoms. The number of amides is 1. The van der Waals surface area contributed by atoms with Gasteiger partial charge in [-0.2, -0.15) is 0 Å². The summed E-state index contributed by atoms with van der Waals surface area (Å²) in [7, 11) is 3.26. The number of carbonyl (C=O) groups is 1. The van der Waals surface area contributed by atoms with E-state index >= 15 is 0 Å². The number of rotatable bonds is 8. The number of anilines is 2. The number of nitrogens with one attached hydrogen (secondary N) is 2. The molecule has 7 nitrogen and oxygen atoms in total. The Morgan fingerprint density at radius 3 is 2.26 bits per heavy atom. The van der Waals surface area contributed by atoms with Crippen LogP contribution in [0.4, 0.5) is 10.9 Å². The summed E-state index contributed by atoms with van der Waals surface area (Å²) in [4.78, 5) is 23.2. The first kappa shape index (κ1) is 24.2. The molecule has 2 heterocycles. The van der Waals surface area contributed by atoms with E-state index in [-0.39, 0.29) is 5.91 Å². The van der Waals surface area contributed by atoms with Gasteiger partial charge in [0.05, 0.1) is 20.3 Å². The number of methoxy groups -OCH3 is 2. The van der Waals surface area contributed by atoms with Gasteiger partial charge in [-0.15, -0.1) is 11.3 Å². The zero-order chi connectivity index (χ0) is 24.9. The van der Waals surface area contributed by atoms with E-state index < -0.39 is 6.04 Å². The van der Waals surface area contributed by atoms with Gasteiger partial charge in [-0.1, -0.05) is 18.2 Å². The summed E-state index contributed by atoms with van der Waals surface area (Å²) in [6.45, 7) is 5.88. The van der Waals surface area contributed by atoms with E-state index in [0.717, 1.165) is 32.4 Å². The van der Waals surface area contributed by atoms with Crippen molar-refractivity contribution < 1.29 is 14.3 Å². The summed E-state index contributed by atoms with van der Waals surface area (Å²) in [5.41, 5.74) is 4.02. The second-order valence-electron chi connectivity index (χ2n) is 8.12. The molecule has 1 atom stereocenters. The van der Waals surface area contributed by atoms with E-state index in [9.17, 15) is 4.79 Å². The molecule has 0 saturated heterocycles. The molecule has 35 heavy (non-hydrogen) atoms. The van der Waals surface area contributed by atoms with Crippen LogP contribution in [0.15, 0.2) is 60.7 Å². The Morgan fingerprint density at radius 2 is 1.60 bits per heavy atom. The molecule has 4 rings (SSSR count). The summed E-state index contributed by atoms with van der Waals surface area (Å²) >= 11 is 1.52. The summed E-state index contributed by atoms with van der Waals surface area (Å²) in [6, 6.07) is 18.4. The van der Waals surface area contributed by atoms with E-state index in [1.54, 1.807) is 26.4 Å². The van der Waals surface area contributed by atoms with Crippen LogP contribution in [-0.2, 0) is 0 Å². The fourth-order valence-corrected chi connectivity index (χ4v) is 4.86. The lowest BCUT2D eigenvalue weighted by Gasteiger charge is -2.23. The number of aromatic nitrogens is 2. The maximum absolute atomic E-state index is 13.0. The Kier molecular flexibility index (Phi) is 7.31. The van der Waals surface area contributed by atoms with Gasteiger partial charge in [0.25, 0.3) is 5.91 Å². The maximum Gasteiger partial charge on any atom is 0.256 e. The molecule has 1 amide bonds. The Labute approximate surface area is 209 Å². The number of hydrogen-bond donors (Lipinski definition) is 2. The minimum absolute atomic E-state index is 0.173. The molecule has 0 aliphatic rings. The number of benzene rings is 2. The Bertz CT molecular complexity index is 1320. The summed E-state index contributed by atoms with van der Waals surface area (Å²) in [6.07, 6.45) is 0. The van der Waals surface area contributed by atoms with Gasteiger partial charge in [-0.05, 0) is 63.2 Å². The van der Waals surface area contributed by atoms with E-state index in [0.29, 0.717) is 23.0 Å². The molecule has 0 saturated carbocycles. The van der Waals surface area contributed by atoms with Crippen LogP contribution in [0.3, 0.4) is 0 Å². The van der Waals surface area contributed by atoms with Gasteiger partial charge in [0.15, 0.2) is 0 Å². The van der Waals surface area contributed by atoms with Crippen LogP contribution in [0.2, 0.25) is 0 Å². The Balaban J connectivity index is 1.82. The van der Waals surface area contributed by atoms with E-state index in [4.69, 9.17) is 9.47 Å². The standard InChI is InChI=1S/C27H28N4O3S/c1-16-13-17(2)29-27(28-16)30-24(21-15-20(33-4)11-12-23(21)34-5)22-14-18(3)35-26(22)31-25(32)19-9-7-6-8-10-19/h6-15,24H,1-5H3,(H,31,32)(H,28,29,30). The van der Waals surface area contributed by atoms with Crippen LogP contribution in [0.25, 0.3) is 0 Å². The highest BCUT2D eigenvalue weighted by Gasteiger charge is 2.26. The van der Waals surface area contributed by atoms with Crippen molar-refractivity contribution in [1.82, 2.24) is 9.97 Å². The smallest absolute Gasteiger partial charge is 0.256 e. The normalized spacial score (nSPS) is 11.6. The van der Waals surface area contributed by atoms with Crippen LogP contribution in [0.5, 0.6) is 11.5 Å². The number of nitrogens with zero attached hydrogens (tertiary/aromatic N) is 2. The van der Waals surface area contributed by atoms with Gasteiger partial charge in [-0.3, -0.25) is 4.79 Å². The fourth-order valence-electron chi connectivity index (χ4n) is 3.92. The first-order valence-electron chi connectivity index (χ1n) is 11.2. The molecule has 1 unspecified atom stereocenters. The number of thiophene rings is 1. The molecule has 0 radical (unpaired) electrons. The fraction of sp³-hybridized carbons (Fsp3) is 0.222. The topological polar surface area (TPSA) is 85.4 Å². The summed E-state index contributed by atoms with van der Waals surface area (Å²) < 4.78 is 11.2. The molecule has 0 aliphatic carbocycles. The van der Waals surface area contributed by atoms with Crippen molar-refractivity contribution in [3.05, 3.63) is 93.6 Å². The van der Waals surface area contributed by atoms with E-state index in [1.807, 2.05) is 63.2 Å². The number of aryl methyl sites for hydroxylation is 3. The van der Waals surface area contributed by atoms with E-state index in [2.05, 4.69) is 26.7 Å². The predicted molar refractivity (Wildman–Crippen MR) is 140 cm³/mol. The number of carbonyl (C=O) groups excluding carboxylic acids is 1. The molecule has 0 spiro atoms. The molecule has 0 aliphatic heterocycles. The minimum atomic E-state index is -0.419. The van der Waals surface area contributed by atoms with Crippen molar-refractivity contribution in [1.29, 1.82) is 0 Å². The van der Waals surface area contributed by atoms with Crippen LogP contribution < -0.4 is 20.1 Å². The predicted octanol–water partition coefficient (Wildman–Crippen LogP) is 5.93. The highest BCUT2D eigenvalue weighted by atomic mass is 32.1. The van der Waals surface area contributed by atoms with Crippen LogP contribution >= 0.6 is 11.3 Å². The molecule has 8 heteroatoms. The second-order valence-corrected chi connectivity index (χ2v) is 9.38. The van der Waals surface area contributed by atoms with Gasteiger partial charge in [0.1, 0.15) is 16.5 Å². The van der Waals surface area contributed by atoms with Gasteiger partial charge in [-0.25, -0.2) is 9.97 Å². The van der Waals surface area contributed by atoms with Gasteiger partial charge in [0.2, 0.25) is 5.95 Å². The molecular weight excluding hydrogens is 460 g/mol.